The number of carbonyl (C=O) groups is 1. The van der Waals surface area contributed by atoms with E-state index in [4.69, 9.17) is 5.73 Å². The highest BCUT2D eigenvalue weighted by molar-refractivity contribution is 5.79. The maximum Gasteiger partial charge on any atom is 0.225 e. The molecule has 1 heterocycles. The van der Waals surface area contributed by atoms with Crippen molar-refractivity contribution >= 4 is 5.91 Å². The van der Waals surface area contributed by atoms with E-state index in [-0.39, 0.29) is 6.04 Å². The summed E-state index contributed by atoms with van der Waals surface area (Å²) in [4.78, 5) is 14.2. The fourth-order valence-electron chi connectivity index (χ4n) is 2.78. The number of nitrogens with two attached hydrogens (primary N) is 1. The molecule has 3 heteroatoms. The maximum atomic E-state index is 12.2. The molecule has 0 spiro atoms. The topological polar surface area (TPSA) is 46.3 Å². The predicted molar refractivity (Wildman–Crippen MR) is 60.3 cm³/mol. The Bertz CT molecular complexity index is 226. The molecule has 2 fully saturated rings. The molecule has 1 aliphatic carbocycles. The molecule has 2 N–H and O–H groups in total. The first-order valence-electron chi connectivity index (χ1n) is 6.23. The number of likely N-dealkylation sites (tertiary alicyclic amines) is 1. The zero-order valence-electron chi connectivity index (χ0n) is 9.61. The van der Waals surface area contributed by atoms with Gasteiger partial charge in [0.25, 0.3) is 0 Å². The molecular formula is C12H22N2O. The molecule has 0 aromatic carbocycles. The Balaban J connectivity index is 1.90. The van der Waals surface area contributed by atoms with Crippen molar-refractivity contribution in [3.63, 3.8) is 0 Å². The largest absolute Gasteiger partial charge is 0.341 e. The van der Waals surface area contributed by atoms with Crippen molar-refractivity contribution in [3.8, 4) is 0 Å². The molecule has 3 nitrogen and oxygen atoms in total. The van der Waals surface area contributed by atoms with Crippen LogP contribution in [0.15, 0.2) is 0 Å². The quantitative estimate of drug-likeness (QED) is 0.710. The Labute approximate surface area is 92.0 Å². The van der Waals surface area contributed by atoms with Gasteiger partial charge >= 0.3 is 0 Å². The highest BCUT2D eigenvalue weighted by Gasteiger charge is 2.33. The van der Waals surface area contributed by atoms with E-state index in [0.29, 0.717) is 17.7 Å². The van der Waals surface area contributed by atoms with Crippen molar-refractivity contribution in [2.24, 2.45) is 17.6 Å². The van der Waals surface area contributed by atoms with Crippen LogP contribution in [-0.4, -0.2) is 29.9 Å². The Morgan fingerprint density at radius 3 is 2.40 bits per heavy atom. The summed E-state index contributed by atoms with van der Waals surface area (Å²) in [6.45, 7) is 3.78. The molecule has 1 aliphatic heterocycles. The van der Waals surface area contributed by atoms with Gasteiger partial charge in [-0.25, -0.2) is 0 Å². The van der Waals surface area contributed by atoms with Gasteiger partial charge in [-0.05, 0) is 18.8 Å². The summed E-state index contributed by atoms with van der Waals surface area (Å²) in [5, 5.41) is 0. The van der Waals surface area contributed by atoms with Crippen molar-refractivity contribution in [3.05, 3.63) is 0 Å². The molecule has 0 aromatic rings. The van der Waals surface area contributed by atoms with Crippen molar-refractivity contribution in [2.45, 2.75) is 45.1 Å². The van der Waals surface area contributed by atoms with Gasteiger partial charge in [-0.1, -0.05) is 26.2 Å². The lowest BCUT2D eigenvalue weighted by Gasteiger charge is -2.26. The standard InChI is InChI=1S/C12H22N2O/c1-9-7-14(8-11(9)13)12(15)10-5-3-2-4-6-10/h9-11H,2-8,13H2,1H3. The van der Waals surface area contributed by atoms with E-state index in [1.165, 1.54) is 19.3 Å². The third-order valence-corrected chi connectivity index (χ3v) is 3.94. The third kappa shape index (κ3) is 2.33. The molecular weight excluding hydrogens is 188 g/mol. The zero-order chi connectivity index (χ0) is 10.8. The van der Waals surface area contributed by atoms with Crippen molar-refractivity contribution in [1.29, 1.82) is 0 Å². The van der Waals surface area contributed by atoms with Crippen molar-refractivity contribution in [1.82, 2.24) is 4.90 Å². The SMILES string of the molecule is CC1CN(C(=O)C2CCCCC2)CC1N. The molecule has 86 valence electrons. The van der Waals surface area contributed by atoms with Gasteiger partial charge in [0, 0.05) is 25.0 Å². The van der Waals surface area contributed by atoms with Crippen LogP contribution in [0.25, 0.3) is 0 Å². The van der Waals surface area contributed by atoms with E-state index < -0.39 is 0 Å². The molecule has 1 saturated carbocycles. The molecule has 2 unspecified atom stereocenters. The van der Waals surface area contributed by atoms with Crippen LogP contribution < -0.4 is 5.73 Å². The van der Waals surface area contributed by atoms with Crippen LogP contribution in [0, 0.1) is 11.8 Å². The number of carbonyl (C=O) groups excluding carboxylic acids is 1. The van der Waals surface area contributed by atoms with Gasteiger partial charge in [0.2, 0.25) is 5.91 Å². The number of nitrogens with zero attached hydrogens (tertiary/aromatic N) is 1. The highest BCUT2D eigenvalue weighted by Crippen LogP contribution is 2.27. The molecule has 2 atom stereocenters. The molecule has 1 saturated heterocycles. The Kier molecular flexibility index (Phi) is 3.29. The number of amides is 1. The van der Waals surface area contributed by atoms with Gasteiger partial charge in [-0.3, -0.25) is 4.79 Å². The molecule has 2 rings (SSSR count). The van der Waals surface area contributed by atoms with Crippen LogP contribution in [0.4, 0.5) is 0 Å². The van der Waals surface area contributed by atoms with Crippen LogP contribution >= 0.6 is 0 Å². The van der Waals surface area contributed by atoms with Crippen molar-refractivity contribution < 1.29 is 4.79 Å². The van der Waals surface area contributed by atoms with E-state index in [0.717, 1.165) is 25.9 Å². The van der Waals surface area contributed by atoms with Crippen LogP contribution in [0.5, 0.6) is 0 Å². The first-order valence-corrected chi connectivity index (χ1v) is 6.23. The Hall–Kier alpha value is -0.570. The van der Waals surface area contributed by atoms with Crippen LogP contribution in [0.1, 0.15) is 39.0 Å². The summed E-state index contributed by atoms with van der Waals surface area (Å²) in [5.74, 6) is 1.14. The predicted octanol–water partition coefficient (Wildman–Crippen LogP) is 1.37. The lowest BCUT2D eigenvalue weighted by molar-refractivity contribution is -0.135. The van der Waals surface area contributed by atoms with E-state index in [1.807, 2.05) is 4.90 Å². The molecule has 2 aliphatic rings. The summed E-state index contributed by atoms with van der Waals surface area (Å²) in [6.07, 6.45) is 5.95. The van der Waals surface area contributed by atoms with E-state index >= 15 is 0 Å². The monoisotopic (exact) mass is 210 g/mol. The summed E-state index contributed by atoms with van der Waals surface area (Å²) in [7, 11) is 0. The molecule has 15 heavy (non-hydrogen) atoms. The molecule has 0 radical (unpaired) electrons. The minimum atomic E-state index is 0.192. The molecule has 1 amide bonds. The molecule has 0 bridgehead atoms. The summed E-state index contributed by atoms with van der Waals surface area (Å²) < 4.78 is 0. The fourth-order valence-corrected chi connectivity index (χ4v) is 2.78. The fraction of sp³-hybridized carbons (Fsp3) is 0.917. The third-order valence-electron chi connectivity index (χ3n) is 3.94. The van der Waals surface area contributed by atoms with Crippen LogP contribution in [0.3, 0.4) is 0 Å². The summed E-state index contributed by atoms with van der Waals surface area (Å²) in [5.41, 5.74) is 5.94. The second-order valence-electron chi connectivity index (χ2n) is 5.22. The van der Waals surface area contributed by atoms with E-state index in [2.05, 4.69) is 6.92 Å². The first kappa shape index (κ1) is 10.9. The van der Waals surface area contributed by atoms with Gasteiger partial charge in [0.1, 0.15) is 0 Å². The average Bonchev–Trinajstić information content (AvgIpc) is 2.59. The Morgan fingerprint density at radius 1 is 1.20 bits per heavy atom. The van der Waals surface area contributed by atoms with Gasteiger partial charge in [0.15, 0.2) is 0 Å². The number of hydrogen-bond donors (Lipinski definition) is 1. The lowest BCUT2D eigenvalue weighted by atomic mass is 9.88. The van der Waals surface area contributed by atoms with Crippen LogP contribution in [0.2, 0.25) is 0 Å². The smallest absolute Gasteiger partial charge is 0.225 e. The zero-order valence-corrected chi connectivity index (χ0v) is 9.61. The Morgan fingerprint density at radius 2 is 1.87 bits per heavy atom. The van der Waals surface area contributed by atoms with Gasteiger partial charge < -0.3 is 10.6 Å². The normalized spacial score (nSPS) is 33.3. The average molecular weight is 210 g/mol. The van der Waals surface area contributed by atoms with Crippen molar-refractivity contribution in [2.75, 3.05) is 13.1 Å². The molecule has 0 aromatic heterocycles. The van der Waals surface area contributed by atoms with E-state index in [1.54, 1.807) is 0 Å². The van der Waals surface area contributed by atoms with Gasteiger partial charge in [-0.15, -0.1) is 0 Å². The minimum Gasteiger partial charge on any atom is -0.341 e. The highest BCUT2D eigenvalue weighted by atomic mass is 16.2. The number of hydrogen-bond acceptors (Lipinski definition) is 2. The summed E-state index contributed by atoms with van der Waals surface area (Å²) >= 11 is 0. The van der Waals surface area contributed by atoms with Crippen LogP contribution in [-0.2, 0) is 4.79 Å². The first-order chi connectivity index (χ1) is 7.18. The summed E-state index contributed by atoms with van der Waals surface area (Å²) in [6, 6.07) is 0.192. The van der Waals surface area contributed by atoms with E-state index in [9.17, 15) is 4.79 Å². The maximum absolute atomic E-state index is 12.2. The minimum absolute atomic E-state index is 0.192. The second kappa shape index (κ2) is 4.52. The number of rotatable bonds is 1. The van der Waals surface area contributed by atoms with Gasteiger partial charge in [0.05, 0.1) is 0 Å². The van der Waals surface area contributed by atoms with Gasteiger partial charge in [-0.2, -0.15) is 0 Å². The lowest BCUT2D eigenvalue weighted by Crippen LogP contribution is -2.37. The second-order valence-corrected chi connectivity index (χ2v) is 5.22.